The number of anilines is 1. The number of Topliss-reactive ketones (excluding diaryl/α,β-unsaturated/α-hetero) is 1. The molecule has 128 valence electrons. The van der Waals surface area contributed by atoms with Crippen molar-refractivity contribution in [1.29, 1.82) is 0 Å². The summed E-state index contributed by atoms with van der Waals surface area (Å²) in [6, 6.07) is 6.46. The zero-order chi connectivity index (χ0) is 18.1. The molecule has 1 aromatic rings. The molecule has 24 heavy (non-hydrogen) atoms. The Morgan fingerprint density at radius 1 is 0.917 bits per heavy atom. The average Bonchev–Trinajstić information content (AvgIpc) is 2.51. The third kappa shape index (κ3) is 6.87. The van der Waals surface area contributed by atoms with Crippen molar-refractivity contribution in [2.45, 2.75) is 20.8 Å². The number of nitrogens with one attached hydrogen (secondary N) is 3. The summed E-state index contributed by atoms with van der Waals surface area (Å²) < 4.78 is 0. The fraction of sp³-hybridized carbons (Fsp3) is 0.294. The predicted octanol–water partition coefficient (Wildman–Crippen LogP) is 1.03. The SMILES string of the molecule is CC(=O)NCCNC(=O)/C(C)=C\C(=O)Nc1ccc(C(C)=O)cc1. The molecule has 7 nitrogen and oxygen atoms in total. The third-order valence-electron chi connectivity index (χ3n) is 3.05. The number of hydrogen-bond acceptors (Lipinski definition) is 4. The van der Waals surface area contributed by atoms with E-state index in [2.05, 4.69) is 16.0 Å². The summed E-state index contributed by atoms with van der Waals surface area (Å²) in [4.78, 5) is 45.5. The molecular weight excluding hydrogens is 310 g/mol. The summed E-state index contributed by atoms with van der Waals surface area (Å²) >= 11 is 0. The number of benzene rings is 1. The highest BCUT2D eigenvalue weighted by atomic mass is 16.2. The number of rotatable bonds is 7. The highest BCUT2D eigenvalue weighted by Gasteiger charge is 2.07. The minimum Gasteiger partial charge on any atom is -0.355 e. The van der Waals surface area contributed by atoms with Gasteiger partial charge in [-0.3, -0.25) is 19.2 Å². The van der Waals surface area contributed by atoms with Crippen molar-refractivity contribution in [3.63, 3.8) is 0 Å². The molecule has 0 aliphatic heterocycles. The number of carbonyl (C=O) groups excluding carboxylic acids is 4. The Morgan fingerprint density at radius 2 is 1.50 bits per heavy atom. The molecule has 7 heteroatoms. The second kappa shape index (κ2) is 9.24. The van der Waals surface area contributed by atoms with E-state index in [1.807, 2.05) is 0 Å². The van der Waals surface area contributed by atoms with Crippen molar-refractivity contribution < 1.29 is 19.2 Å². The summed E-state index contributed by atoms with van der Waals surface area (Å²) in [5.74, 6) is -1.06. The molecule has 0 aromatic heterocycles. The van der Waals surface area contributed by atoms with Gasteiger partial charge in [-0.05, 0) is 38.1 Å². The van der Waals surface area contributed by atoms with Crippen LogP contribution in [0.15, 0.2) is 35.9 Å². The van der Waals surface area contributed by atoms with Crippen LogP contribution < -0.4 is 16.0 Å². The first-order valence-corrected chi connectivity index (χ1v) is 7.42. The molecule has 3 N–H and O–H groups in total. The number of carbonyl (C=O) groups is 4. The van der Waals surface area contributed by atoms with Crippen LogP contribution in [0.4, 0.5) is 5.69 Å². The maximum atomic E-state index is 11.9. The van der Waals surface area contributed by atoms with Crippen molar-refractivity contribution in [2.75, 3.05) is 18.4 Å². The van der Waals surface area contributed by atoms with E-state index in [-0.39, 0.29) is 29.7 Å². The minimum atomic E-state index is -0.444. The van der Waals surface area contributed by atoms with E-state index in [9.17, 15) is 19.2 Å². The summed E-state index contributed by atoms with van der Waals surface area (Å²) in [5, 5.41) is 7.75. The molecule has 0 bridgehead atoms. The minimum absolute atomic E-state index is 0.0560. The van der Waals surface area contributed by atoms with Gasteiger partial charge in [0.25, 0.3) is 0 Å². The molecule has 0 fully saturated rings. The molecule has 0 aliphatic rings. The maximum absolute atomic E-state index is 11.9. The van der Waals surface area contributed by atoms with Crippen molar-refractivity contribution in [1.82, 2.24) is 10.6 Å². The van der Waals surface area contributed by atoms with Crippen LogP contribution in [0.3, 0.4) is 0 Å². The highest BCUT2D eigenvalue weighted by Crippen LogP contribution is 2.10. The first kappa shape index (κ1) is 19.1. The second-order valence-corrected chi connectivity index (χ2v) is 5.19. The fourth-order valence-corrected chi connectivity index (χ4v) is 1.78. The van der Waals surface area contributed by atoms with Crippen LogP contribution in [0, 0.1) is 0 Å². The van der Waals surface area contributed by atoms with E-state index < -0.39 is 5.91 Å². The van der Waals surface area contributed by atoms with Crippen molar-refractivity contribution >= 4 is 29.2 Å². The van der Waals surface area contributed by atoms with Gasteiger partial charge < -0.3 is 16.0 Å². The van der Waals surface area contributed by atoms with Gasteiger partial charge in [-0.2, -0.15) is 0 Å². The Balaban J connectivity index is 2.51. The number of amides is 3. The quantitative estimate of drug-likeness (QED) is 0.394. The molecule has 0 atom stereocenters. The molecular formula is C17H21N3O4. The van der Waals surface area contributed by atoms with Gasteiger partial charge in [0, 0.05) is 42.9 Å². The third-order valence-corrected chi connectivity index (χ3v) is 3.05. The van der Waals surface area contributed by atoms with E-state index in [0.717, 1.165) is 0 Å². The van der Waals surface area contributed by atoms with Crippen molar-refractivity contribution in [3.05, 3.63) is 41.5 Å². The molecule has 1 rings (SSSR count). The van der Waals surface area contributed by atoms with Crippen molar-refractivity contribution in [2.24, 2.45) is 0 Å². The lowest BCUT2D eigenvalue weighted by Crippen LogP contribution is -2.34. The van der Waals surface area contributed by atoms with E-state index in [4.69, 9.17) is 0 Å². The predicted molar refractivity (Wildman–Crippen MR) is 90.5 cm³/mol. The lowest BCUT2D eigenvalue weighted by molar-refractivity contribution is -0.120. The Bertz CT molecular complexity index is 663. The van der Waals surface area contributed by atoms with Gasteiger partial charge in [-0.1, -0.05) is 0 Å². The molecule has 0 heterocycles. The summed E-state index contributed by atoms with van der Waals surface area (Å²) in [7, 11) is 0. The summed E-state index contributed by atoms with van der Waals surface area (Å²) in [6.45, 7) is 4.97. The molecule has 3 amide bonds. The second-order valence-electron chi connectivity index (χ2n) is 5.19. The Morgan fingerprint density at radius 3 is 2.04 bits per heavy atom. The van der Waals surface area contributed by atoms with E-state index >= 15 is 0 Å². The van der Waals surface area contributed by atoms with E-state index in [1.165, 1.54) is 26.8 Å². The van der Waals surface area contributed by atoms with Crippen LogP contribution in [0.2, 0.25) is 0 Å². The zero-order valence-electron chi connectivity index (χ0n) is 13.9. The molecule has 0 saturated carbocycles. The van der Waals surface area contributed by atoms with Crippen LogP contribution in [0.1, 0.15) is 31.1 Å². The van der Waals surface area contributed by atoms with Gasteiger partial charge in [-0.25, -0.2) is 0 Å². The average molecular weight is 331 g/mol. The van der Waals surface area contributed by atoms with Gasteiger partial charge in [0.1, 0.15) is 0 Å². The molecule has 0 saturated heterocycles. The normalized spacial score (nSPS) is 10.7. The van der Waals surface area contributed by atoms with Crippen LogP contribution in [0.5, 0.6) is 0 Å². The van der Waals surface area contributed by atoms with Gasteiger partial charge in [0.15, 0.2) is 5.78 Å². The monoisotopic (exact) mass is 331 g/mol. The molecule has 0 radical (unpaired) electrons. The Hall–Kier alpha value is -2.96. The number of hydrogen-bond donors (Lipinski definition) is 3. The van der Waals surface area contributed by atoms with Crippen molar-refractivity contribution in [3.8, 4) is 0 Å². The maximum Gasteiger partial charge on any atom is 0.248 e. The Labute approximate surface area is 140 Å². The first-order chi connectivity index (χ1) is 11.3. The molecule has 1 aromatic carbocycles. The largest absolute Gasteiger partial charge is 0.355 e. The molecule has 0 spiro atoms. The highest BCUT2D eigenvalue weighted by molar-refractivity contribution is 6.06. The van der Waals surface area contributed by atoms with E-state index in [1.54, 1.807) is 24.3 Å². The topological polar surface area (TPSA) is 104 Å². The van der Waals surface area contributed by atoms with Crippen LogP contribution >= 0.6 is 0 Å². The first-order valence-electron chi connectivity index (χ1n) is 7.42. The number of ketones is 1. The zero-order valence-corrected chi connectivity index (χ0v) is 13.9. The van der Waals surface area contributed by atoms with Gasteiger partial charge in [0.2, 0.25) is 17.7 Å². The summed E-state index contributed by atoms with van der Waals surface area (Å²) in [6.07, 6.45) is 1.19. The fourth-order valence-electron chi connectivity index (χ4n) is 1.78. The van der Waals surface area contributed by atoms with Crippen LogP contribution in [-0.4, -0.2) is 36.6 Å². The van der Waals surface area contributed by atoms with Gasteiger partial charge >= 0.3 is 0 Å². The lowest BCUT2D eigenvalue weighted by Gasteiger charge is -2.07. The van der Waals surface area contributed by atoms with Crippen LogP contribution in [0.25, 0.3) is 0 Å². The standard InChI is InChI=1S/C17H21N3O4/c1-11(17(24)19-9-8-18-13(3)22)10-16(23)20-15-6-4-14(5-7-15)12(2)21/h4-7,10H,8-9H2,1-3H3,(H,18,22)(H,19,24)(H,20,23)/b11-10-. The summed E-state index contributed by atoms with van der Waals surface area (Å²) in [5.41, 5.74) is 1.33. The van der Waals surface area contributed by atoms with Crippen LogP contribution in [-0.2, 0) is 14.4 Å². The molecule has 0 aliphatic carbocycles. The van der Waals surface area contributed by atoms with Gasteiger partial charge in [0.05, 0.1) is 0 Å². The lowest BCUT2D eigenvalue weighted by atomic mass is 10.1. The van der Waals surface area contributed by atoms with E-state index in [0.29, 0.717) is 17.8 Å². The molecule has 0 unspecified atom stereocenters. The smallest absolute Gasteiger partial charge is 0.248 e. The Kier molecular flexibility index (Phi) is 7.35. The van der Waals surface area contributed by atoms with Gasteiger partial charge in [-0.15, -0.1) is 0 Å².